The predicted molar refractivity (Wildman–Crippen MR) is 81.6 cm³/mol. The monoisotopic (exact) mass is 283 g/mol. The molecule has 2 aliphatic rings. The van der Waals surface area contributed by atoms with Gasteiger partial charge in [-0.15, -0.1) is 6.58 Å². The van der Waals surface area contributed by atoms with Gasteiger partial charge in [-0.1, -0.05) is 6.08 Å². The Balaban J connectivity index is 1.67. The number of carbonyl (C=O) groups excluding carboxylic acids is 1. The van der Waals surface area contributed by atoms with E-state index in [0.29, 0.717) is 13.1 Å². The average Bonchev–Trinajstić information content (AvgIpc) is 2.47. The minimum absolute atomic E-state index is 0.118. The normalized spacial score (nSPS) is 23.2. The fourth-order valence-electron chi connectivity index (χ4n) is 2.83. The van der Waals surface area contributed by atoms with Crippen molar-refractivity contribution in [3.8, 4) is 0 Å². The number of piperidine rings is 1. The van der Waals surface area contributed by atoms with Crippen LogP contribution in [0.5, 0.6) is 0 Å². The van der Waals surface area contributed by atoms with E-state index in [9.17, 15) is 4.79 Å². The van der Waals surface area contributed by atoms with E-state index < -0.39 is 0 Å². The van der Waals surface area contributed by atoms with Crippen LogP contribution in [0.2, 0.25) is 0 Å². The van der Waals surface area contributed by atoms with E-state index in [4.69, 9.17) is 0 Å². The van der Waals surface area contributed by atoms with E-state index in [1.807, 2.05) is 0 Å². The Bertz CT molecular complexity index is 297. The molecule has 0 atom stereocenters. The average molecular weight is 283 g/mol. The van der Waals surface area contributed by atoms with Gasteiger partial charge in [-0.25, -0.2) is 0 Å². The van der Waals surface area contributed by atoms with E-state index in [0.717, 1.165) is 19.1 Å². The highest BCUT2D eigenvalue weighted by Gasteiger charge is 2.26. The summed E-state index contributed by atoms with van der Waals surface area (Å²) in [5.74, 6) is 2.68. The Morgan fingerprint density at radius 2 is 1.95 bits per heavy atom. The van der Waals surface area contributed by atoms with Crippen LogP contribution in [0.1, 0.15) is 12.8 Å². The minimum atomic E-state index is 0.118. The maximum Gasteiger partial charge on any atom is 0.234 e. The summed E-state index contributed by atoms with van der Waals surface area (Å²) in [7, 11) is 0. The van der Waals surface area contributed by atoms with Gasteiger partial charge in [0.1, 0.15) is 0 Å². The van der Waals surface area contributed by atoms with Crippen molar-refractivity contribution in [3.05, 3.63) is 12.7 Å². The van der Waals surface area contributed by atoms with E-state index in [-0.39, 0.29) is 5.91 Å². The summed E-state index contributed by atoms with van der Waals surface area (Å²) in [6.45, 7) is 9.31. The number of likely N-dealkylation sites (tertiary alicyclic amines) is 1. The molecule has 0 radical (unpaired) electrons. The van der Waals surface area contributed by atoms with Gasteiger partial charge in [0.2, 0.25) is 5.91 Å². The molecular weight excluding hydrogens is 258 g/mol. The third kappa shape index (κ3) is 4.82. The van der Waals surface area contributed by atoms with Crippen LogP contribution in [0, 0.1) is 0 Å². The van der Waals surface area contributed by atoms with Gasteiger partial charge in [0.25, 0.3) is 0 Å². The van der Waals surface area contributed by atoms with Gasteiger partial charge >= 0.3 is 0 Å². The van der Waals surface area contributed by atoms with E-state index >= 15 is 0 Å². The highest BCUT2D eigenvalue weighted by atomic mass is 32.2. The van der Waals surface area contributed by atoms with Crippen LogP contribution in [0.3, 0.4) is 0 Å². The number of nitrogens with zero attached hydrogens (tertiary/aromatic N) is 2. The standard InChI is InChI=1S/C14H25N3OS/c1-2-5-15-14(18)12-16-6-3-13(4-7-16)17-8-10-19-11-9-17/h2,13H,1,3-12H2,(H,15,18). The van der Waals surface area contributed by atoms with E-state index in [1.54, 1.807) is 6.08 Å². The lowest BCUT2D eigenvalue weighted by Crippen LogP contribution is -2.49. The maximum absolute atomic E-state index is 11.6. The third-order valence-electron chi connectivity index (χ3n) is 3.93. The summed E-state index contributed by atoms with van der Waals surface area (Å²) >= 11 is 2.07. The number of thioether (sulfide) groups is 1. The molecule has 19 heavy (non-hydrogen) atoms. The molecule has 4 nitrogen and oxygen atoms in total. The molecule has 108 valence electrons. The van der Waals surface area contributed by atoms with Crippen LogP contribution in [0.25, 0.3) is 0 Å². The summed E-state index contributed by atoms with van der Waals surface area (Å²) in [5, 5.41) is 2.84. The Morgan fingerprint density at radius 1 is 1.26 bits per heavy atom. The highest BCUT2D eigenvalue weighted by Crippen LogP contribution is 2.20. The molecule has 0 unspecified atom stereocenters. The van der Waals surface area contributed by atoms with Gasteiger partial charge in [0.15, 0.2) is 0 Å². The van der Waals surface area contributed by atoms with E-state index in [2.05, 4.69) is 33.5 Å². The molecule has 0 aromatic rings. The Kier molecular flexibility index (Phi) is 6.20. The second kappa shape index (κ2) is 7.92. The first-order chi connectivity index (χ1) is 9.29. The quantitative estimate of drug-likeness (QED) is 0.757. The predicted octanol–water partition coefficient (Wildman–Crippen LogP) is 0.802. The lowest BCUT2D eigenvalue weighted by Gasteiger charge is -2.39. The Labute approximate surface area is 120 Å². The Morgan fingerprint density at radius 3 is 2.58 bits per heavy atom. The van der Waals surface area contributed by atoms with Gasteiger partial charge in [0.05, 0.1) is 6.54 Å². The fourth-order valence-corrected chi connectivity index (χ4v) is 3.76. The summed E-state index contributed by atoms with van der Waals surface area (Å²) in [4.78, 5) is 16.6. The van der Waals surface area contributed by atoms with Crippen LogP contribution in [0.4, 0.5) is 0 Å². The molecule has 0 aromatic heterocycles. The first-order valence-corrected chi connectivity index (χ1v) is 8.37. The van der Waals surface area contributed by atoms with Gasteiger partial charge in [-0.3, -0.25) is 14.6 Å². The van der Waals surface area contributed by atoms with E-state index in [1.165, 1.54) is 37.4 Å². The molecule has 2 saturated heterocycles. The number of rotatable bonds is 5. The van der Waals surface area contributed by atoms with Crippen LogP contribution >= 0.6 is 11.8 Å². The molecule has 2 fully saturated rings. The number of hydrogen-bond acceptors (Lipinski definition) is 4. The second-order valence-electron chi connectivity index (χ2n) is 5.25. The fraction of sp³-hybridized carbons (Fsp3) is 0.786. The smallest absolute Gasteiger partial charge is 0.234 e. The zero-order valence-electron chi connectivity index (χ0n) is 11.6. The van der Waals surface area contributed by atoms with Crippen LogP contribution < -0.4 is 5.32 Å². The van der Waals surface area contributed by atoms with Crippen molar-refractivity contribution < 1.29 is 4.79 Å². The van der Waals surface area contributed by atoms with Crippen molar-refractivity contribution in [2.24, 2.45) is 0 Å². The number of hydrogen-bond donors (Lipinski definition) is 1. The number of amides is 1. The molecule has 2 heterocycles. The first-order valence-electron chi connectivity index (χ1n) is 7.21. The van der Waals surface area contributed by atoms with Gasteiger partial charge < -0.3 is 5.32 Å². The van der Waals surface area contributed by atoms with Crippen molar-refractivity contribution in [1.82, 2.24) is 15.1 Å². The van der Waals surface area contributed by atoms with Crippen LogP contribution in [-0.4, -0.2) is 72.5 Å². The minimum Gasteiger partial charge on any atom is -0.352 e. The van der Waals surface area contributed by atoms with Crippen molar-refractivity contribution >= 4 is 17.7 Å². The van der Waals surface area contributed by atoms with Crippen LogP contribution in [0.15, 0.2) is 12.7 Å². The molecule has 1 amide bonds. The number of carbonyl (C=O) groups is 1. The van der Waals surface area contributed by atoms with Gasteiger partial charge in [0, 0.05) is 50.3 Å². The molecule has 2 rings (SSSR count). The zero-order chi connectivity index (χ0) is 13.5. The van der Waals surface area contributed by atoms with Gasteiger partial charge in [-0.2, -0.15) is 11.8 Å². The summed E-state index contributed by atoms with van der Waals surface area (Å²) in [6.07, 6.45) is 4.14. The largest absolute Gasteiger partial charge is 0.352 e. The van der Waals surface area contributed by atoms with Crippen molar-refractivity contribution in [1.29, 1.82) is 0 Å². The third-order valence-corrected chi connectivity index (χ3v) is 4.87. The van der Waals surface area contributed by atoms with Crippen molar-refractivity contribution in [2.75, 3.05) is 50.8 Å². The Hall–Kier alpha value is -0.520. The highest BCUT2D eigenvalue weighted by molar-refractivity contribution is 7.99. The molecular formula is C14H25N3OS. The SMILES string of the molecule is C=CCNC(=O)CN1CCC(N2CCSCC2)CC1. The lowest BCUT2D eigenvalue weighted by molar-refractivity contribution is -0.122. The molecule has 2 aliphatic heterocycles. The van der Waals surface area contributed by atoms with Crippen molar-refractivity contribution in [3.63, 3.8) is 0 Å². The molecule has 0 bridgehead atoms. The maximum atomic E-state index is 11.6. The topological polar surface area (TPSA) is 35.6 Å². The van der Waals surface area contributed by atoms with Gasteiger partial charge in [-0.05, 0) is 12.8 Å². The molecule has 0 saturated carbocycles. The number of nitrogens with one attached hydrogen (secondary N) is 1. The molecule has 1 N–H and O–H groups in total. The molecule has 0 aromatic carbocycles. The second-order valence-corrected chi connectivity index (χ2v) is 6.47. The summed E-state index contributed by atoms with van der Waals surface area (Å²) in [6, 6.07) is 0.744. The molecule has 0 spiro atoms. The zero-order valence-corrected chi connectivity index (χ0v) is 12.5. The molecule has 5 heteroatoms. The first kappa shape index (κ1) is 14.9. The molecule has 0 aliphatic carbocycles. The summed E-state index contributed by atoms with van der Waals surface area (Å²) in [5.41, 5.74) is 0. The summed E-state index contributed by atoms with van der Waals surface area (Å²) < 4.78 is 0. The lowest BCUT2D eigenvalue weighted by atomic mass is 10.0. The van der Waals surface area contributed by atoms with Crippen molar-refractivity contribution in [2.45, 2.75) is 18.9 Å². The van der Waals surface area contributed by atoms with Crippen LogP contribution in [-0.2, 0) is 4.79 Å².